The van der Waals surface area contributed by atoms with Crippen LogP contribution in [0.25, 0.3) is 0 Å². The quantitative estimate of drug-likeness (QED) is 0.870. The second kappa shape index (κ2) is 7.05. The van der Waals surface area contributed by atoms with E-state index in [1.165, 1.54) is 12.8 Å². The van der Waals surface area contributed by atoms with Crippen molar-refractivity contribution < 1.29 is 4.79 Å². The minimum absolute atomic E-state index is 0.172. The Morgan fingerprint density at radius 3 is 2.85 bits per heavy atom. The molecule has 1 aliphatic heterocycles. The van der Waals surface area contributed by atoms with E-state index in [9.17, 15) is 4.79 Å². The molecular weight excluding hydrogens is 336 g/mol. The summed E-state index contributed by atoms with van der Waals surface area (Å²) in [5, 5.41) is 3.48. The normalized spacial score (nSPS) is 18.8. The number of hydrogen-bond acceptors (Lipinski definition) is 3. The van der Waals surface area contributed by atoms with Crippen molar-refractivity contribution in [1.82, 2.24) is 10.2 Å². The van der Waals surface area contributed by atoms with Crippen molar-refractivity contribution in [3.05, 3.63) is 20.3 Å². The molecule has 3 nitrogen and oxygen atoms in total. The van der Waals surface area contributed by atoms with Crippen LogP contribution in [0.1, 0.15) is 41.9 Å². The van der Waals surface area contributed by atoms with Gasteiger partial charge in [-0.1, -0.05) is 13.8 Å². The molecule has 5 heteroatoms. The Bertz CT molecular complexity index is 447. The van der Waals surface area contributed by atoms with Gasteiger partial charge in [0.25, 0.3) is 5.91 Å². The summed E-state index contributed by atoms with van der Waals surface area (Å²) in [4.78, 5) is 15.6. The number of amides is 1. The van der Waals surface area contributed by atoms with Crippen LogP contribution in [0.3, 0.4) is 0 Å². The van der Waals surface area contributed by atoms with Crippen molar-refractivity contribution in [2.24, 2.45) is 5.92 Å². The summed E-state index contributed by atoms with van der Waals surface area (Å²) < 4.78 is 1.06. The minimum atomic E-state index is 0.172. The first-order valence-electron chi connectivity index (χ1n) is 7.26. The molecule has 0 spiro atoms. The van der Waals surface area contributed by atoms with Gasteiger partial charge in [-0.2, -0.15) is 0 Å². The number of hydrogen-bond donors (Lipinski definition) is 1. The van der Waals surface area contributed by atoms with Crippen molar-refractivity contribution >= 4 is 33.2 Å². The lowest BCUT2D eigenvalue weighted by Crippen LogP contribution is -2.42. The molecule has 1 aliphatic rings. The van der Waals surface area contributed by atoms with Gasteiger partial charge in [0.05, 0.1) is 8.66 Å². The van der Waals surface area contributed by atoms with Gasteiger partial charge in [-0.25, -0.2) is 0 Å². The summed E-state index contributed by atoms with van der Waals surface area (Å²) in [5.74, 6) is 0.663. The molecule has 0 aliphatic carbocycles. The highest BCUT2D eigenvalue weighted by Crippen LogP contribution is 2.28. The van der Waals surface area contributed by atoms with Crippen LogP contribution in [0.2, 0.25) is 0 Å². The van der Waals surface area contributed by atoms with Gasteiger partial charge in [-0.3, -0.25) is 4.79 Å². The molecule has 1 atom stereocenters. The number of nitrogens with one attached hydrogen (secondary N) is 1. The first-order valence-corrected chi connectivity index (χ1v) is 8.87. The smallest absolute Gasteiger partial charge is 0.264 e. The number of rotatable bonds is 5. The Labute approximate surface area is 133 Å². The third kappa shape index (κ3) is 4.06. The Hall–Kier alpha value is -0.390. The standard InChI is InChI=1S/C15H23BrN2OS/c1-10(2)8-18(9-12-5-4-6-17-12)15(19)13-7-11(3)14(16)20-13/h7,10,12,17H,4-6,8-9H2,1-3H3. The van der Waals surface area contributed by atoms with Gasteiger partial charge in [-0.15, -0.1) is 11.3 Å². The van der Waals surface area contributed by atoms with Crippen LogP contribution in [0.5, 0.6) is 0 Å². The second-order valence-electron chi connectivity index (χ2n) is 5.96. The molecule has 1 saturated heterocycles. The SMILES string of the molecule is Cc1cc(C(=O)N(CC(C)C)CC2CCCN2)sc1Br. The second-order valence-corrected chi connectivity index (χ2v) is 8.33. The van der Waals surface area contributed by atoms with Gasteiger partial charge in [-0.05, 0) is 59.8 Å². The van der Waals surface area contributed by atoms with Crippen molar-refractivity contribution in [2.75, 3.05) is 19.6 Å². The largest absolute Gasteiger partial charge is 0.336 e. The Morgan fingerprint density at radius 1 is 1.60 bits per heavy atom. The average molecular weight is 359 g/mol. The zero-order valence-electron chi connectivity index (χ0n) is 12.4. The number of carbonyl (C=O) groups is 1. The zero-order chi connectivity index (χ0) is 14.7. The van der Waals surface area contributed by atoms with E-state index in [0.29, 0.717) is 12.0 Å². The molecule has 112 valence electrons. The van der Waals surface area contributed by atoms with Gasteiger partial charge in [0.2, 0.25) is 0 Å². The molecule has 0 aromatic carbocycles. The topological polar surface area (TPSA) is 32.3 Å². The van der Waals surface area contributed by atoms with Gasteiger partial charge >= 0.3 is 0 Å². The van der Waals surface area contributed by atoms with Crippen LogP contribution < -0.4 is 5.32 Å². The predicted octanol–water partition coefficient (Wildman–Crippen LogP) is 3.67. The van der Waals surface area contributed by atoms with Crippen molar-refractivity contribution in [1.29, 1.82) is 0 Å². The third-order valence-electron chi connectivity index (χ3n) is 3.54. The Balaban J connectivity index is 2.09. The third-order valence-corrected chi connectivity index (χ3v) is 5.67. The highest BCUT2D eigenvalue weighted by atomic mass is 79.9. The van der Waals surface area contributed by atoms with Crippen LogP contribution in [0, 0.1) is 12.8 Å². The van der Waals surface area contributed by atoms with Crippen LogP contribution in [-0.4, -0.2) is 36.5 Å². The molecule has 1 N–H and O–H groups in total. The van der Waals surface area contributed by atoms with E-state index >= 15 is 0 Å². The molecule has 1 amide bonds. The van der Waals surface area contributed by atoms with E-state index in [1.54, 1.807) is 11.3 Å². The Morgan fingerprint density at radius 2 is 2.35 bits per heavy atom. The maximum Gasteiger partial charge on any atom is 0.264 e. The highest BCUT2D eigenvalue weighted by Gasteiger charge is 2.24. The lowest BCUT2D eigenvalue weighted by atomic mass is 10.1. The van der Waals surface area contributed by atoms with Crippen molar-refractivity contribution in [2.45, 2.75) is 39.7 Å². The van der Waals surface area contributed by atoms with Gasteiger partial charge < -0.3 is 10.2 Å². The number of carbonyl (C=O) groups excluding carboxylic acids is 1. The van der Waals surface area contributed by atoms with Crippen molar-refractivity contribution in [3.63, 3.8) is 0 Å². The van der Waals surface area contributed by atoms with Gasteiger partial charge in [0.15, 0.2) is 0 Å². The molecule has 0 bridgehead atoms. The van der Waals surface area contributed by atoms with E-state index in [2.05, 4.69) is 35.1 Å². The summed E-state index contributed by atoms with van der Waals surface area (Å²) in [6.45, 7) is 9.09. The fourth-order valence-electron chi connectivity index (χ4n) is 2.58. The van der Waals surface area contributed by atoms with Gasteiger partial charge in [0.1, 0.15) is 0 Å². The lowest BCUT2D eigenvalue weighted by Gasteiger charge is -2.27. The summed E-state index contributed by atoms with van der Waals surface area (Å²) in [6.07, 6.45) is 2.40. The maximum atomic E-state index is 12.7. The van der Waals surface area contributed by atoms with Crippen LogP contribution in [-0.2, 0) is 0 Å². The van der Waals surface area contributed by atoms with E-state index in [0.717, 1.165) is 33.9 Å². The zero-order valence-corrected chi connectivity index (χ0v) is 14.8. The molecule has 1 fully saturated rings. The lowest BCUT2D eigenvalue weighted by molar-refractivity contribution is 0.0726. The van der Waals surface area contributed by atoms with Gasteiger partial charge in [0, 0.05) is 19.1 Å². The fraction of sp³-hybridized carbons (Fsp3) is 0.667. The highest BCUT2D eigenvalue weighted by molar-refractivity contribution is 9.11. The van der Waals surface area contributed by atoms with Crippen LogP contribution in [0.15, 0.2) is 9.85 Å². The maximum absolute atomic E-state index is 12.7. The average Bonchev–Trinajstić information content (AvgIpc) is 2.98. The van der Waals surface area contributed by atoms with Crippen LogP contribution in [0.4, 0.5) is 0 Å². The van der Waals surface area contributed by atoms with E-state index in [4.69, 9.17) is 0 Å². The first kappa shape index (κ1) is 16.0. The number of aryl methyl sites for hydroxylation is 1. The first-order chi connectivity index (χ1) is 9.47. The number of nitrogens with zero attached hydrogens (tertiary/aromatic N) is 1. The number of thiophene rings is 1. The molecule has 2 heterocycles. The molecule has 0 saturated carbocycles. The molecule has 1 unspecified atom stereocenters. The number of halogens is 1. The fourth-order valence-corrected chi connectivity index (χ4v) is 4.08. The molecule has 1 aromatic heterocycles. The molecule has 0 radical (unpaired) electrons. The molecule has 1 aromatic rings. The van der Waals surface area contributed by atoms with E-state index in [-0.39, 0.29) is 5.91 Å². The predicted molar refractivity (Wildman–Crippen MR) is 88.5 cm³/mol. The summed E-state index contributed by atoms with van der Waals surface area (Å²) in [5.41, 5.74) is 1.14. The molecule has 20 heavy (non-hydrogen) atoms. The monoisotopic (exact) mass is 358 g/mol. The Kier molecular flexibility index (Phi) is 5.64. The van der Waals surface area contributed by atoms with Crippen LogP contribution >= 0.6 is 27.3 Å². The van der Waals surface area contributed by atoms with Crippen molar-refractivity contribution in [3.8, 4) is 0 Å². The molecular formula is C15H23BrN2OS. The summed E-state index contributed by atoms with van der Waals surface area (Å²) in [7, 11) is 0. The minimum Gasteiger partial charge on any atom is -0.336 e. The van der Waals surface area contributed by atoms with E-state index in [1.807, 2.05) is 17.9 Å². The van der Waals surface area contributed by atoms with E-state index < -0.39 is 0 Å². The summed E-state index contributed by atoms with van der Waals surface area (Å²) >= 11 is 5.05. The molecule has 2 rings (SSSR count). The summed E-state index contributed by atoms with van der Waals surface area (Å²) in [6, 6.07) is 2.45.